The Labute approximate surface area is 63.6 Å². The third kappa shape index (κ3) is 2.26. The van der Waals surface area contributed by atoms with Crippen LogP contribution >= 0.6 is 22.6 Å². The average Bonchev–Trinajstić information content (AvgIpc) is 1.67. The highest BCUT2D eigenvalue weighted by atomic mass is 127. The van der Waals surface area contributed by atoms with Gasteiger partial charge in [0.1, 0.15) is 4.55 Å². The summed E-state index contributed by atoms with van der Waals surface area (Å²) >= 11 is 2.18. The number of halogens is 2. The molecule has 0 radical (unpaired) electrons. The largest absolute Gasteiger partial charge is 0.292 e. The molecule has 3 heteroatoms. The molecule has 0 aromatic carbocycles. The predicted molar refractivity (Wildman–Crippen MR) is 41.6 cm³/mol. The van der Waals surface area contributed by atoms with E-state index in [0.717, 1.165) is 4.55 Å². The van der Waals surface area contributed by atoms with Crippen molar-refractivity contribution in [1.82, 2.24) is 0 Å². The van der Waals surface area contributed by atoms with E-state index < -0.39 is 6.30 Å². The van der Waals surface area contributed by atoms with Crippen LogP contribution in [-0.4, -0.2) is 29.4 Å². The van der Waals surface area contributed by atoms with E-state index in [1.165, 1.54) is 0 Å². The first-order valence-corrected chi connectivity index (χ1v) is 4.06. The molecule has 0 bridgehead atoms. The normalized spacial score (nSPS) is 16.1. The summed E-state index contributed by atoms with van der Waals surface area (Å²) in [7, 11) is 3.74. The minimum absolute atomic E-state index is 0.445. The molecule has 0 N–H and O–H groups in total. The molecule has 8 heavy (non-hydrogen) atoms. The third-order valence-electron chi connectivity index (χ3n) is 1.27. The van der Waals surface area contributed by atoms with Gasteiger partial charge in [-0.25, -0.2) is 0 Å². The Morgan fingerprint density at radius 1 is 1.62 bits per heavy atom. The molecule has 1 nitrogen and oxygen atoms in total. The van der Waals surface area contributed by atoms with Gasteiger partial charge in [0.25, 0.3) is 0 Å². The number of hydrogen-bond donors (Lipinski definition) is 0. The molecular formula is C5H12FIN+. The predicted octanol–water partition coefficient (Wildman–Crippen LogP) is 1.77. The van der Waals surface area contributed by atoms with E-state index >= 15 is 0 Å². The van der Waals surface area contributed by atoms with Crippen LogP contribution < -0.4 is 0 Å². The molecule has 0 rings (SSSR count). The Morgan fingerprint density at radius 3 is 2.00 bits per heavy atom. The van der Waals surface area contributed by atoms with E-state index in [1.807, 2.05) is 14.1 Å². The van der Waals surface area contributed by atoms with Crippen LogP contribution in [0.1, 0.15) is 6.92 Å². The first kappa shape index (κ1) is 8.62. The summed E-state index contributed by atoms with van der Waals surface area (Å²) in [5.41, 5.74) is 0. The zero-order valence-electron chi connectivity index (χ0n) is 5.49. The number of hydrogen-bond acceptors (Lipinski definition) is 0. The second-order valence-electron chi connectivity index (χ2n) is 2.47. The lowest BCUT2D eigenvalue weighted by atomic mass is 10.5. The summed E-state index contributed by atoms with van der Waals surface area (Å²) in [5, 5.41) is 0. The minimum Gasteiger partial charge on any atom is -0.292 e. The van der Waals surface area contributed by atoms with Crippen molar-refractivity contribution in [2.75, 3.05) is 18.6 Å². The van der Waals surface area contributed by atoms with Gasteiger partial charge >= 0.3 is 0 Å². The Kier molecular flexibility index (Phi) is 3.19. The van der Waals surface area contributed by atoms with E-state index in [9.17, 15) is 4.39 Å². The van der Waals surface area contributed by atoms with Crippen molar-refractivity contribution >= 4 is 22.6 Å². The average molecular weight is 232 g/mol. The topological polar surface area (TPSA) is 0 Å². The maximum absolute atomic E-state index is 12.4. The van der Waals surface area contributed by atoms with Crippen molar-refractivity contribution in [3.8, 4) is 0 Å². The first-order valence-electron chi connectivity index (χ1n) is 2.53. The number of rotatable bonds is 2. The number of nitrogens with zero attached hydrogens (tertiary/aromatic N) is 1. The maximum atomic E-state index is 12.4. The molecule has 0 saturated heterocycles. The van der Waals surface area contributed by atoms with Gasteiger partial charge in [-0.3, -0.25) is 4.48 Å². The van der Waals surface area contributed by atoms with Gasteiger partial charge in [-0.2, -0.15) is 4.39 Å². The van der Waals surface area contributed by atoms with Crippen LogP contribution in [0.25, 0.3) is 0 Å². The van der Waals surface area contributed by atoms with E-state index in [4.69, 9.17) is 0 Å². The zero-order chi connectivity index (χ0) is 6.78. The summed E-state index contributed by atoms with van der Waals surface area (Å²) in [6.45, 7) is 1.58. The molecule has 0 aliphatic rings. The van der Waals surface area contributed by atoms with Gasteiger partial charge in [0.2, 0.25) is 6.30 Å². The smallest absolute Gasteiger partial charge is 0.229 e. The van der Waals surface area contributed by atoms with Crippen LogP contribution in [0.5, 0.6) is 0 Å². The Hall–Kier alpha value is 0.620. The molecular weight excluding hydrogens is 220 g/mol. The SMILES string of the molecule is CC(F)[N+](C)(C)CI. The van der Waals surface area contributed by atoms with Crippen LogP contribution in [0.3, 0.4) is 0 Å². The van der Waals surface area contributed by atoms with E-state index in [-0.39, 0.29) is 0 Å². The fourth-order valence-electron chi connectivity index (χ4n) is 0.0951. The molecule has 0 aliphatic heterocycles. The molecule has 0 aromatic heterocycles. The van der Waals surface area contributed by atoms with Gasteiger partial charge in [0.05, 0.1) is 14.1 Å². The second kappa shape index (κ2) is 2.96. The Bertz CT molecular complexity index is 72.8. The lowest BCUT2D eigenvalue weighted by molar-refractivity contribution is -0.912. The lowest BCUT2D eigenvalue weighted by Gasteiger charge is -2.28. The number of alkyl halides is 2. The molecule has 1 unspecified atom stereocenters. The van der Waals surface area contributed by atoms with Gasteiger partial charge in [0, 0.05) is 6.92 Å². The highest BCUT2D eigenvalue weighted by Gasteiger charge is 2.20. The van der Waals surface area contributed by atoms with Crippen molar-refractivity contribution in [1.29, 1.82) is 0 Å². The monoisotopic (exact) mass is 232 g/mol. The van der Waals surface area contributed by atoms with E-state index in [0.29, 0.717) is 4.48 Å². The van der Waals surface area contributed by atoms with E-state index in [1.54, 1.807) is 6.92 Å². The molecule has 0 aromatic rings. The fourth-order valence-corrected chi connectivity index (χ4v) is 0.638. The summed E-state index contributed by atoms with van der Waals surface area (Å²) in [5.74, 6) is 0. The molecule has 50 valence electrons. The zero-order valence-corrected chi connectivity index (χ0v) is 7.65. The van der Waals surface area contributed by atoms with Crippen molar-refractivity contribution in [3.05, 3.63) is 0 Å². The summed E-state index contributed by atoms with van der Waals surface area (Å²) in [6, 6.07) is 0. The molecule has 0 heterocycles. The molecule has 0 fully saturated rings. The third-order valence-corrected chi connectivity index (χ3v) is 3.03. The Balaban J connectivity index is 3.71. The highest BCUT2D eigenvalue weighted by molar-refractivity contribution is 14.1. The van der Waals surface area contributed by atoms with Gasteiger partial charge < -0.3 is 0 Å². The Morgan fingerprint density at radius 2 is 2.00 bits per heavy atom. The highest BCUT2D eigenvalue weighted by Crippen LogP contribution is 2.09. The van der Waals surface area contributed by atoms with Gasteiger partial charge in [-0.1, -0.05) is 0 Å². The quantitative estimate of drug-likeness (QED) is 0.294. The molecule has 0 aliphatic carbocycles. The minimum atomic E-state index is -0.758. The van der Waals surface area contributed by atoms with E-state index in [2.05, 4.69) is 22.6 Å². The molecule has 0 amide bonds. The summed E-state index contributed by atoms with van der Waals surface area (Å²) in [4.78, 5) is 0. The lowest BCUT2D eigenvalue weighted by Crippen LogP contribution is -2.43. The summed E-state index contributed by atoms with van der Waals surface area (Å²) in [6.07, 6.45) is -0.758. The first-order chi connectivity index (χ1) is 3.50. The maximum Gasteiger partial charge on any atom is 0.229 e. The van der Waals surface area contributed by atoms with Gasteiger partial charge in [-0.05, 0) is 22.6 Å². The fraction of sp³-hybridized carbons (Fsp3) is 1.00. The number of quaternary nitrogens is 1. The standard InChI is InChI=1S/C5H12FIN/c1-5(6)8(2,3)4-7/h5H,4H2,1-3H3/q+1. The molecule has 0 saturated carbocycles. The second-order valence-corrected chi connectivity index (χ2v) is 3.15. The summed E-state index contributed by atoms with van der Waals surface area (Å²) < 4.78 is 13.7. The van der Waals surface area contributed by atoms with Crippen molar-refractivity contribution in [3.63, 3.8) is 0 Å². The van der Waals surface area contributed by atoms with Gasteiger partial charge in [0.15, 0.2) is 0 Å². The molecule has 0 spiro atoms. The van der Waals surface area contributed by atoms with Crippen molar-refractivity contribution in [2.24, 2.45) is 0 Å². The molecule has 1 atom stereocenters. The van der Waals surface area contributed by atoms with Crippen LogP contribution in [0.15, 0.2) is 0 Å². The van der Waals surface area contributed by atoms with Crippen LogP contribution in [0, 0.1) is 0 Å². The van der Waals surface area contributed by atoms with Crippen LogP contribution in [0.4, 0.5) is 4.39 Å². The van der Waals surface area contributed by atoms with Crippen molar-refractivity contribution < 1.29 is 8.87 Å². The van der Waals surface area contributed by atoms with Crippen molar-refractivity contribution in [2.45, 2.75) is 13.2 Å². The van der Waals surface area contributed by atoms with Crippen LogP contribution in [-0.2, 0) is 0 Å². The van der Waals surface area contributed by atoms with Gasteiger partial charge in [-0.15, -0.1) is 0 Å². The van der Waals surface area contributed by atoms with Crippen LogP contribution in [0.2, 0.25) is 0 Å².